The van der Waals surface area contributed by atoms with Crippen LogP contribution in [0.3, 0.4) is 0 Å². The fraction of sp³-hybridized carbons (Fsp3) is 0.161. The van der Waals surface area contributed by atoms with Crippen LogP contribution in [0.5, 0.6) is 17.2 Å². The minimum Gasteiger partial charge on any atom is -0.490 e. The highest BCUT2D eigenvalue weighted by Gasteiger charge is 2.08. The van der Waals surface area contributed by atoms with Gasteiger partial charge < -0.3 is 14.2 Å². The molecule has 1 N–H and O–H groups in total. The molecule has 0 aliphatic rings. The first-order valence-electron chi connectivity index (χ1n) is 12.3. The van der Waals surface area contributed by atoms with Crippen molar-refractivity contribution in [1.82, 2.24) is 5.43 Å². The molecule has 0 aliphatic carbocycles. The molecule has 0 heterocycles. The molecule has 0 saturated heterocycles. The van der Waals surface area contributed by atoms with Gasteiger partial charge in [-0.1, -0.05) is 53.6 Å². The van der Waals surface area contributed by atoms with Gasteiger partial charge in [-0.25, -0.2) is 5.43 Å². The number of rotatable bonds is 11. The minimum atomic E-state index is -0.320. The first-order valence-corrected chi connectivity index (χ1v) is 12.6. The van der Waals surface area contributed by atoms with Crippen LogP contribution in [0.25, 0.3) is 0 Å². The van der Waals surface area contributed by atoms with Crippen LogP contribution >= 0.6 is 11.6 Å². The van der Waals surface area contributed by atoms with Gasteiger partial charge in [0, 0.05) is 10.6 Å². The van der Waals surface area contributed by atoms with Gasteiger partial charge in [0.25, 0.3) is 5.91 Å². The highest BCUT2D eigenvalue weighted by molar-refractivity contribution is 6.30. The maximum Gasteiger partial charge on any atom is 0.271 e. The second-order valence-electron chi connectivity index (χ2n) is 8.55. The fourth-order valence-electron chi connectivity index (χ4n) is 3.52. The van der Waals surface area contributed by atoms with Crippen LogP contribution in [-0.2, 0) is 13.2 Å². The fourth-order valence-corrected chi connectivity index (χ4v) is 3.64. The van der Waals surface area contributed by atoms with Crippen molar-refractivity contribution in [3.05, 3.63) is 124 Å². The van der Waals surface area contributed by atoms with Gasteiger partial charge in [0.15, 0.2) is 11.5 Å². The van der Waals surface area contributed by atoms with Crippen molar-refractivity contribution in [1.29, 1.82) is 0 Å². The summed E-state index contributed by atoms with van der Waals surface area (Å²) < 4.78 is 17.5. The lowest BCUT2D eigenvalue weighted by Gasteiger charge is -2.12. The van der Waals surface area contributed by atoms with E-state index in [4.69, 9.17) is 25.8 Å². The zero-order chi connectivity index (χ0) is 26.7. The summed E-state index contributed by atoms with van der Waals surface area (Å²) in [5.74, 6) is 1.58. The van der Waals surface area contributed by atoms with Gasteiger partial charge in [-0.2, -0.15) is 5.10 Å². The first kappa shape index (κ1) is 26.8. The number of aryl methyl sites for hydroxylation is 1. The third-order valence-electron chi connectivity index (χ3n) is 5.60. The third-order valence-corrected chi connectivity index (χ3v) is 5.85. The Balaban J connectivity index is 1.31. The molecule has 4 aromatic carbocycles. The van der Waals surface area contributed by atoms with E-state index in [1.807, 2.05) is 68.4 Å². The molecule has 7 heteroatoms. The summed E-state index contributed by atoms with van der Waals surface area (Å²) in [7, 11) is 0. The maximum absolute atomic E-state index is 12.5. The normalized spacial score (nSPS) is 10.8. The zero-order valence-electron chi connectivity index (χ0n) is 21.3. The lowest BCUT2D eigenvalue weighted by atomic mass is 10.2. The molecule has 4 aromatic rings. The molecule has 4 rings (SSSR count). The van der Waals surface area contributed by atoms with Crippen LogP contribution in [0.15, 0.2) is 96.1 Å². The first-order chi connectivity index (χ1) is 18.5. The van der Waals surface area contributed by atoms with E-state index < -0.39 is 0 Å². The van der Waals surface area contributed by atoms with E-state index in [2.05, 4.69) is 22.7 Å². The summed E-state index contributed by atoms with van der Waals surface area (Å²) in [5, 5.41) is 4.77. The molecule has 0 unspecified atom stereocenters. The van der Waals surface area contributed by atoms with Crippen LogP contribution in [-0.4, -0.2) is 18.7 Å². The van der Waals surface area contributed by atoms with Crippen molar-refractivity contribution < 1.29 is 19.0 Å². The largest absolute Gasteiger partial charge is 0.490 e. The van der Waals surface area contributed by atoms with Crippen molar-refractivity contribution in [2.75, 3.05) is 6.61 Å². The molecular formula is C31H29ClN2O4. The molecule has 1 amide bonds. The van der Waals surface area contributed by atoms with Crippen molar-refractivity contribution in [3.8, 4) is 17.2 Å². The smallest absolute Gasteiger partial charge is 0.271 e. The predicted molar refractivity (Wildman–Crippen MR) is 150 cm³/mol. The number of benzene rings is 4. The molecule has 0 fully saturated rings. The number of hydrogen-bond donors (Lipinski definition) is 1. The van der Waals surface area contributed by atoms with Crippen molar-refractivity contribution in [2.45, 2.75) is 27.1 Å². The van der Waals surface area contributed by atoms with Gasteiger partial charge in [0.2, 0.25) is 0 Å². The summed E-state index contributed by atoms with van der Waals surface area (Å²) in [6.07, 6.45) is 1.56. The van der Waals surface area contributed by atoms with Crippen LogP contribution in [0, 0.1) is 6.92 Å². The van der Waals surface area contributed by atoms with Crippen LogP contribution in [0.4, 0.5) is 0 Å². The quantitative estimate of drug-likeness (QED) is 0.168. The van der Waals surface area contributed by atoms with Gasteiger partial charge in [-0.3, -0.25) is 4.79 Å². The van der Waals surface area contributed by atoms with Gasteiger partial charge in [-0.05, 0) is 85.1 Å². The lowest BCUT2D eigenvalue weighted by Crippen LogP contribution is -2.17. The van der Waals surface area contributed by atoms with Crippen LogP contribution in [0.1, 0.15) is 39.5 Å². The Morgan fingerprint density at radius 1 is 0.816 bits per heavy atom. The minimum absolute atomic E-state index is 0.320. The Bertz CT molecular complexity index is 1370. The molecule has 0 bridgehead atoms. The zero-order valence-corrected chi connectivity index (χ0v) is 22.1. The van der Waals surface area contributed by atoms with Crippen molar-refractivity contribution in [2.24, 2.45) is 5.10 Å². The standard InChI is InChI=1S/C31H29ClN2O4/c1-3-36-30-18-25(10-17-29(30)38-21-24-8-13-27(32)14-9-24)19-33-34-31(35)26-11-15-28(16-12-26)37-20-23-6-4-22(2)5-7-23/h4-19H,3,20-21H2,1-2H3,(H,34,35)/b33-19-. The predicted octanol–water partition coefficient (Wildman–Crippen LogP) is 6.97. The third kappa shape index (κ3) is 7.85. The number of hydrazone groups is 1. The highest BCUT2D eigenvalue weighted by atomic mass is 35.5. The average Bonchev–Trinajstić information content (AvgIpc) is 2.93. The Morgan fingerprint density at radius 3 is 2.16 bits per heavy atom. The molecule has 0 atom stereocenters. The molecule has 0 radical (unpaired) electrons. The number of carbonyl (C=O) groups is 1. The molecule has 194 valence electrons. The average molecular weight is 529 g/mol. The maximum atomic E-state index is 12.5. The summed E-state index contributed by atoms with van der Waals surface area (Å²) in [4.78, 5) is 12.5. The molecule has 0 saturated carbocycles. The number of amides is 1. The Labute approximate surface area is 227 Å². The number of nitrogens with zero attached hydrogens (tertiary/aromatic N) is 1. The molecule has 38 heavy (non-hydrogen) atoms. The Kier molecular flexibility index (Phi) is 9.37. The number of halogens is 1. The summed E-state index contributed by atoms with van der Waals surface area (Å²) >= 11 is 5.95. The Morgan fingerprint density at radius 2 is 1.47 bits per heavy atom. The highest BCUT2D eigenvalue weighted by Crippen LogP contribution is 2.29. The van der Waals surface area contributed by atoms with Crippen LogP contribution in [0.2, 0.25) is 5.02 Å². The molecule has 6 nitrogen and oxygen atoms in total. The number of carbonyl (C=O) groups excluding carboxylic acids is 1. The number of nitrogens with one attached hydrogen (secondary N) is 1. The van der Waals surface area contributed by atoms with Crippen molar-refractivity contribution >= 4 is 23.7 Å². The second-order valence-corrected chi connectivity index (χ2v) is 8.99. The summed E-state index contributed by atoms with van der Waals surface area (Å²) in [6, 6.07) is 28.1. The summed E-state index contributed by atoms with van der Waals surface area (Å²) in [5.41, 5.74) is 7.07. The van der Waals surface area contributed by atoms with E-state index >= 15 is 0 Å². The number of ether oxygens (including phenoxy) is 3. The van der Waals surface area contributed by atoms with E-state index in [1.54, 1.807) is 30.5 Å². The van der Waals surface area contributed by atoms with E-state index in [-0.39, 0.29) is 5.91 Å². The van der Waals surface area contributed by atoms with Gasteiger partial charge in [0.05, 0.1) is 12.8 Å². The topological polar surface area (TPSA) is 69.2 Å². The van der Waals surface area contributed by atoms with Crippen LogP contribution < -0.4 is 19.6 Å². The van der Waals surface area contributed by atoms with E-state index in [0.29, 0.717) is 47.7 Å². The van der Waals surface area contributed by atoms with E-state index in [1.165, 1.54) is 5.56 Å². The summed E-state index contributed by atoms with van der Waals surface area (Å²) in [6.45, 7) is 5.29. The monoisotopic (exact) mass is 528 g/mol. The molecule has 0 aromatic heterocycles. The second kappa shape index (κ2) is 13.3. The van der Waals surface area contributed by atoms with Gasteiger partial charge >= 0.3 is 0 Å². The molecule has 0 spiro atoms. The van der Waals surface area contributed by atoms with Crippen molar-refractivity contribution in [3.63, 3.8) is 0 Å². The van der Waals surface area contributed by atoms with Gasteiger partial charge in [-0.15, -0.1) is 0 Å². The lowest BCUT2D eigenvalue weighted by molar-refractivity contribution is 0.0955. The van der Waals surface area contributed by atoms with E-state index in [0.717, 1.165) is 16.7 Å². The number of hydrogen-bond acceptors (Lipinski definition) is 5. The van der Waals surface area contributed by atoms with E-state index in [9.17, 15) is 4.79 Å². The SMILES string of the molecule is CCOc1cc(/C=N\NC(=O)c2ccc(OCc3ccc(C)cc3)cc2)ccc1OCc1ccc(Cl)cc1. The molecular weight excluding hydrogens is 500 g/mol. The molecule has 0 aliphatic heterocycles. The Hall–Kier alpha value is -4.29. The van der Waals surface area contributed by atoms with Gasteiger partial charge in [0.1, 0.15) is 19.0 Å².